The molecule has 1 saturated heterocycles. The number of piperazine rings is 1. The van der Waals surface area contributed by atoms with Gasteiger partial charge in [0.1, 0.15) is 24.2 Å². The number of amides is 2. The molecule has 3 heterocycles. The Kier molecular flexibility index (Phi) is 5.87. The summed E-state index contributed by atoms with van der Waals surface area (Å²) in [5.74, 6) is 1.19. The summed E-state index contributed by atoms with van der Waals surface area (Å²) >= 11 is 0. The maximum absolute atomic E-state index is 13.7. The normalized spacial score (nSPS) is 16.0. The van der Waals surface area contributed by atoms with Gasteiger partial charge in [0.2, 0.25) is 11.8 Å². The predicted octanol–water partition coefficient (Wildman–Crippen LogP) is 4.61. The molecule has 5 aromatic rings. The molecule has 192 valence electrons. The van der Waals surface area contributed by atoms with Crippen molar-refractivity contribution in [2.45, 2.75) is 19.4 Å². The fraction of sp³-hybridized carbons (Fsp3) is 0.233. The van der Waals surface area contributed by atoms with Crippen molar-refractivity contribution in [1.82, 2.24) is 24.8 Å². The molecule has 1 aliphatic heterocycles. The topological polar surface area (TPSA) is 94.3 Å². The summed E-state index contributed by atoms with van der Waals surface area (Å²) < 4.78 is 5.40. The molecule has 3 aromatic carbocycles. The van der Waals surface area contributed by atoms with E-state index in [2.05, 4.69) is 45.3 Å². The second-order valence-electron chi connectivity index (χ2n) is 9.87. The van der Waals surface area contributed by atoms with Crippen molar-refractivity contribution in [3.63, 3.8) is 0 Å². The van der Waals surface area contributed by atoms with Gasteiger partial charge in [-0.15, -0.1) is 0 Å². The van der Waals surface area contributed by atoms with Crippen molar-refractivity contribution in [3.8, 4) is 17.0 Å². The number of aromatic nitrogens is 3. The molecule has 2 amide bonds. The number of nitrogens with one attached hydrogen (secondary N) is 2. The molecule has 2 N–H and O–H groups in total. The number of aryl methyl sites for hydroxylation is 1. The SMILES string of the molecule is COc1ccc2[nH]c(C)c(CC(=O)N3CC(=O)N(C)CC3c3ncc(-c4ccc5ccccc5c4)[nH]3)c2c1. The van der Waals surface area contributed by atoms with Crippen LogP contribution in [0.5, 0.6) is 5.75 Å². The lowest BCUT2D eigenvalue weighted by molar-refractivity contribution is -0.148. The van der Waals surface area contributed by atoms with E-state index in [0.717, 1.165) is 44.6 Å². The molecule has 8 nitrogen and oxygen atoms in total. The molecule has 2 aromatic heterocycles. The van der Waals surface area contributed by atoms with Crippen molar-refractivity contribution in [2.24, 2.45) is 0 Å². The molecule has 8 heteroatoms. The maximum Gasteiger partial charge on any atom is 0.242 e. The number of methoxy groups -OCH3 is 1. The number of benzene rings is 3. The average Bonchev–Trinajstić information content (AvgIpc) is 3.54. The van der Waals surface area contributed by atoms with E-state index >= 15 is 0 Å². The van der Waals surface area contributed by atoms with Gasteiger partial charge in [0.15, 0.2) is 0 Å². The molecule has 1 unspecified atom stereocenters. The van der Waals surface area contributed by atoms with E-state index in [-0.39, 0.29) is 30.8 Å². The van der Waals surface area contributed by atoms with Gasteiger partial charge >= 0.3 is 0 Å². The van der Waals surface area contributed by atoms with E-state index < -0.39 is 0 Å². The van der Waals surface area contributed by atoms with Gasteiger partial charge in [-0.1, -0.05) is 36.4 Å². The summed E-state index contributed by atoms with van der Waals surface area (Å²) in [6.45, 7) is 2.34. The Hall–Kier alpha value is -4.59. The predicted molar refractivity (Wildman–Crippen MR) is 147 cm³/mol. The second kappa shape index (κ2) is 9.37. The standard InChI is InChI=1S/C30H29N5O3/c1-18-23(24-13-22(38-3)10-11-25(24)32-18)14-28(36)35-17-29(37)34(2)16-27(35)30-31-15-26(33-30)21-9-8-19-6-4-5-7-20(19)12-21/h4-13,15,27,32H,14,16-17H2,1-3H3,(H,31,33). The van der Waals surface area contributed by atoms with Crippen LogP contribution in [-0.4, -0.2) is 63.8 Å². The first-order chi connectivity index (χ1) is 18.4. The number of aromatic amines is 2. The Labute approximate surface area is 220 Å². The molecule has 1 atom stereocenters. The van der Waals surface area contributed by atoms with E-state index in [1.165, 1.54) is 5.39 Å². The molecule has 0 radical (unpaired) electrons. The van der Waals surface area contributed by atoms with Crippen LogP contribution in [0.1, 0.15) is 23.1 Å². The van der Waals surface area contributed by atoms with E-state index in [1.54, 1.807) is 30.2 Å². The Bertz CT molecular complexity index is 1680. The van der Waals surface area contributed by atoms with Gasteiger partial charge in [0.05, 0.1) is 25.4 Å². The molecule has 0 bridgehead atoms. The van der Waals surface area contributed by atoms with Gasteiger partial charge in [0.25, 0.3) is 0 Å². The molecule has 1 aliphatic rings. The summed E-state index contributed by atoms with van der Waals surface area (Å²) in [6.07, 6.45) is 1.97. The van der Waals surface area contributed by atoms with Crippen LogP contribution < -0.4 is 4.74 Å². The molecular formula is C30H29N5O3. The highest BCUT2D eigenvalue weighted by atomic mass is 16.5. The lowest BCUT2D eigenvalue weighted by Crippen LogP contribution is -2.53. The summed E-state index contributed by atoms with van der Waals surface area (Å²) in [6, 6.07) is 19.9. The lowest BCUT2D eigenvalue weighted by Gasteiger charge is -2.38. The largest absolute Gasteiger partial charge is 0.497 e. The Morgan fingerprint density at radius 3 is 2.71 bits per heavy atom. The van der Waals surface area contributed by atoms with Gasteiger partial charge in [0, 0.05) is 35.8 Å². The molecule has 0 aliphatic carbocycles. The van der Waals surface area contributed by atoms with E-state index in [0.29, 0.717) is 12.4 Å². The molecule has 1 fully saturated rings. The van der Waals surface area contributed by atoms with Gasteiger partial charge < -0.3 is 24.5 Å². The molecule has 0 saturated carbocycles. The number of fused-ring (bicyclic) bond motifs is 2. The van der Waals surface area contributed by atoms with Crippen LogP contribution in [0.25, 0.3) is 32.9 Å². The monoisotopic (exact) mass is 507 g/mol. The lowest BCUT2D eigenvalue weighted by atomic mass is 10.0. The Morgan fingerprint density at radius 1 is 1.08 bits per heavy atom. The Balaban J connectivity index is 1.31. The van der Waals surface area contributed by atoms with Crippen molar-refractivity contribution >= 4 is 33.5 Å². The quantitative estimate of drug-likeness (QED) is 0.363. The number of hydrogen-bond donors (Lipinski definition) is 2. The number of hydrogen-bond acceptors (Lipinski definition) is 4. The fourth-order valence-corrected chi connectivity index (χ4v) is 5.31. The fourth-order valence-electron chi connectivity index (χ4n) is 5.31. The first-order valence-corrected chi connectivity index (χ1v) is 12.6. The summed E-state index contributed by atoms with van der Waals surface area (Å²) in [4.78, 5) is 41.2. The van der Waals surface area contributed by atoms with Crippen LogP contribution in [0.15, 0.2) is 66.9 Å². The first-order valence-electron chi connectivity index (χ1n) is 12.6. The minimum atomic E-state index is -0.376. The summed E-state index contributed by atoms with van der Waals surface area (Å²) in [5.41, 5.74) is 4.67. The van der Waals surface area contributed by atoms with Crippen molar-refractivity contribution < 1.29 is 14.3 Å². The smallest absolute Gasteiger partial charge is 0.242 e. The van der Waals surface area contributed by atoms with Crippen LogP contribution in [0.3, 0.4) is 0 Å². The number of ether oxygens (including phenoxy) is 1. The van der Waals surface area contributed by atoms with E-state index in [9.17, 15) is 9.59 Å². The van der Waals surface area contributed by atoms with Crippen LogP contribution >= 0.6 is 0 Å². The van der Waals surface area contributed by atoms with Crippen LogP contribution in [0, 0.1) is 6.92 Å². The van der Waals surface area contributed by atoms with Gasteiger partial charge in [-0.25, -0.2) is 4.98 Å². The Morgan fingerprint density at radius 2 is 1.89 bits per heavy atom. The number of imidazole rings is 1. The number of nitrogens with zero attached hydrogens (tertiary/aromatic N) is 3. The van der Waals surface area contributed by atoms with Crippen molar-refractivity contribution in [1.29, 1.82) is 0 Å². The first kappa shape index (κ1) is 23.8. The highest BCUT2D eigenvalue weighted by Gasteiger charge is 2.36. The van der Waals surface area contributed by atoms with E-state index in [4.69, 9.17) is 4.74 Å². The molecule has 0 spiro atoms. The maximum atomic E-state index is 13.7. The zero-order valence-corrected chi connectivity index (χ0v) is 21.6. The third-order valence-corrected chi connectivity index (χ3v) is 7.50. The number of rotatable bonds is 5. The molecular weight excluding hydrogens is 478 g/mol. The zero-order valence-electron chi connectivity index (χ0n) is 21.6. The highest BCUT2D eigenvalue weighted by molar-refractivity contribution is 5.93. The second-order valence-corrected chi connectivity index (χ2v) is 9.87. The minimum absolute atomic E-state index is 0.0106. The number of carbonyl (C=O) groups is 2. The van der Waals surface area contributed by atoms with E-state index in [1.807, 2.05) is 37.3 Å². The number of likely N-dealkylation sites (N-methyl/N-ethyl adjacent to an activating group) is 1. The summed E-state index contributed by atoms with van der Waals surface area (Å²) in [5, 5.41) is 3.26. The van der Waals surface area contributed by atoms with Gasteiger partial charge in [-0.2, -0.15) is 0 Å². The molecule has 6 rings (SSSR count). The third-order valence-electron chi connectivity index (χ3n) is 7.50. The molecule has 38 heavy (non-hydrogen) atoms. The van der Waals surface area contributed by atoms with Gasteiger partial charge in [-0.3, -0.25) is 9.59 Å². The van der Waals surface area contributed by atoms with Crippen molar-refractivity contribution in [2.75, 3.05) is 27.2 Å². The highest BCUT2D eigenvalue weighted by Crippen LogP contribution is 2.31. The van der Waals surface area contributed by atoms with Crippen LogP contribution in [0.4, 0.5) is 0 Å². The summed E-state index contributed by atoms with van der Waals surface area (Å²) in [7, 11) is 3.39. The minimum Gasteiger partial charge on any atom is -0.497 e. The third kappa shape index (κ3) is 4.18. The van der Waals surface area contributed by atoms with Crippen LogP contribution in [-0.2, 0) is 16.0 Å². The van der Waals surface area contributed by atoms with Crippen molar-refractivity contribution in [3.05, 3.63) is 83.9 Å². The average molecular weight is 508 g/mol. The van der Waals surface area contributed by atoms with Gasteiger partial charge in [-0.05, 0) is 47.5 Å². The number of H-pyrrole nitrogens is 2. The zero-order chi connectivity index (χ0) is 26.4. The number of carbonyl (C=O) groups excluding carboxylic acids is 2. The van der Waals surface area contributed by atoms with Crippen LogP contribution in [0.2, 0.25) is 0 Å².